The van der Waals surface area contributed by atoms with E-state index in [2.05, 4.69) is 27.1 Å². The molecule has 4 aromatic rings. The molecule has 2 aliphatic rings. The Morgan fingerprint density at radius 3 is 2.77 bits per heavy atom. The minimum absolute atomic E-state index is 0.124. The van der Waals surface area contributed by atoms with Gasteiger partial charge in [-0.2, -0.15) is 5.10 Å². The number of carbonyl (C=O) groups excluding carboxylic acids is 1. The molecule has 1 amide bonds. The van der Waals surface area contributed by atoms with Crippen LogP contribution in [0, 0.1) is 19.3 Å². The average Bonchev–Trinajstić information content (AvgIpc) is 3.42. The van der Waals surface area contributed by atoms with Crippen molar-refractivity contribution in [2.24, 2.45) is 0 Å². The topological polar surface area (TPSA) is 137 Å². The first-order valence-electron chi connectivity index (χ1n) is 14.2. The first-order chi connectivity index (χ1) is 20.6. The van der Waals surface area contributed by atoms with E-state index in [1.54, 1.807) is 24.2 Å². The van der Waals surface area contributed by atoms with E-state index in [9.17, 15) is 15.3 Å². The Bertz CT molecular complexity index is 1780. The Kier molecular flexibility index (Phi) is 7.31. The lowest BCUT2D eigenvalue weighted by molar-refractivity contribution is -0.128. The number of nitrogens with zero attached hydrogens (tertiary/aromatic N) is 6. The first kappa shape index (κ1) is 28.6. The van der Waals surface area contributed by atoms with E-state index >= 15 is 0 Å². The molecule has 0 aliphatic carbocycles. The van der Waals surface area contributed by atoms with Gasteiger partial charge in [0.1, 0.15) is 11.7 Å². The maximum absolute atomic E-state index is 12.5. The maximum Gasteiger partial charge on any atom is 0.246 e. The van der Waals surface area contributed by atoms with Gasteiger partial charge < -0.3 is 25.1 Å². The number of hydrogen-bond acceptors (Lipinski definition) is 8. The number of rotatable bonds is 5. The van der Waals surface area contributed by atoms with Crippen molar-refractivity contribution in [3.63, 3.8) is 0 Å². The van der Waals surface area contributed by atoms with Crippen molar-refractivity contribution in [1.29, 1.82) is 5.41 Å². The molecule has 2 aliphatic heterocycles. The monoisotopic (exact) mass is 599 g/mol. The molecule has 1 saturated heterocycles. The summed E-state index contributed by atoms with van der Waals surface area (Å²) in [5, 5.41) is 32.2. The number of nitrogens with one attached hydrogen (secondary N) is 3. The molecule has 2 atom stereocenters. The number of aromatic nitrogens is 4. The number of amides is 1. The van der Waals surface area contributed by atoms with Crippen molar-refractivity contribution in [2.45, 2.75) is 32.9 Å². The molecule has 0 saturated carbocycles. The highest BCUT2D eigenvalue weighted by molar-refractivity contribution is 6.37. The summed E-state index contributed by atoms with van der Waals surface area (Å²) in [6, 6.07) is 5.69. The quantitative estimate of drug-likeness (QED) is 0.245. The molecule has 1 fully saturated rings. The minimum Gasteiger partial charge on any atom is -0.387 e. The number of carbonyl (C=O) groups is 1. The SMILES string of the molecule is C=CC(=O)N1CCN2C(=N)c3c(Nc4c(C)ccnc4C(C)O)nc(-c4c(C)ccc5[nH]ncc45)c(Cl)c3N(C)CC2C1. The van der Waals surface area contributed by atoms with Gasteiger partial charge in [-0.15, -0.1) is 0 Å². The van der Waals surface area contributed by atoms with Gasteiger partial charge in [0.2, 0.25) is 5.91 Å². The fourth-order valence-corrected chi connectivity index (χ4v) is 6.57. The van der Waals surface area contributed by atoms with E-state index in [0.29, 0.717) is 65.3 Å². The van der Waals surface area contributed by atoms with Crippen LogP contribution in [0.4, 0.5) is 17.2 Å². The van der Waals surface area contributed by atoms with Crippen LogP contribution in [0.3, 0.4) is 0 Å². The zero-order valence-electron chi connectivity index (χ0n) is 24.6. The van der Waals surface area contributed by atoms with Gasteiger partial charge in [0.25, 0.3) is 0 Å². The zero-order chi connectivity index (χ0) is 30.6. The minimum atomic E-state index is -0.836. The summed E-state index contributed by atoms with van der Waals surface area (Å²) in [6.45, 7) is 11.2. The van der Waals surface area contributed by atoms with Gasteiger partial charge in [-0.25, -0.2) is 4.98 Å². The molecule has 4 N–H and O–H groups in total. The predicted molar refractivity (Wildman–Crippen MR) is 169 cm³/mol. The number of aliphatic hydroxyl groups is 1. The molecule has 0 spiro atoms. The van der Waals surface area contributed by atoms with E-state index in [0.717, 1.165) is 27.6 Å². The van der Waals surface area contributed by atoms with Crippen LogP contribution in [-0.2, 0) is 4.79 Å². The number of benzene rings is 1. The zero-order valence-corrected chi connectivity index (χ0v) is 25.3. The number of H-pyrrole nitrogens is 1. The third-order valence-electron chi connectivity index (χ3n) is 8.37. The average molecular weight is 600 g/mol. The Morgan fingerprint density at radius 2 is 2.02 bits per heavy atom. The summed E-state index contributed by atoms with van der Waals surface area (Å²) in [4.78, 5) is 27.9. The lowest BCUT2D eigenvalue weighted by Gasteiger charge is -2.42. The lowest BCUT2D eigenvalue weighted by atomic mass is 9.98. The van der Waals surface area contributed by atoms with Crippen LogP contribution in [0.15, 0.2) is 43.2 Å². The first-order valence-corrected chi connectivity index (χ1v) is 14.5. The van der Waals surface area contributed by atoms with Crippen molar-refractivity contribution in [3.8, 4) is 11.3 Å². The summed E-state index contributed by atoms with van der Waals surface area (Å²) in [6.07, 6.45) is 3.93. The van der Waals surface area contributed by atoms with E-state index in [1.807, 2.05) is 48.9 Å². The molecule has 43 heavy (non-hydrogen) atoms. The van der Waals surface area contributed by atoms with Gasteiger partial charge in [0, 0.05) is 50.4 Å². The normalized spacial score (nSPS) is 17.4. The third-order valence-corrected chi connectivity index (χ3v) is 8.73. The summed E-state index contributed by atoms with van der Waals surface area (Å²) in [5.41, 5.74) is 6.38. The number of aryl methyl sites for hydroxylation is 2. The Balaban J connectivity index is 1.60. The van der Waals surface area contributed by atoms with Gasteiger partial charge in [-0.3, -0.25) is 20.3 Å². The number of piperazine rings is 1. The van der Waals surface area contributed by atoms with Gasteiger partial charge >= 0.3 is 0 Å². The fraction of sp³-hybridized carbons (Fsp3) is 0.323. The number of hydrogen-bond donors (Lipinski definition) is 4. The van der Waals surface area contributed by atoms with Crippen LogP contribution in [0.1, 0.15) is 35.4 Å². The van der Waals surface area contributed by atoms with Crippen molar-refractivity contribution in [2.75, 3.05) is 43.4 Å². The van der Waals surface area contributed by atoms with E-state index < -0.39 is 6.10 Å². The second-order valence-corrected chi connectivity index (χ2v) is 11.6. The molecule has 11 nitrogen and oxygen atoms in total. The smallest absolute Gasteiger partial charge is 0.246 e. The van der Waals surface area contributed by atoms with Gasteiger partial charge in [0.05, 0.1) is 57.2 Å². The summed E-state index contributed by atoms with van der Waals surface area (Å²) in [7, 11) is 1.95. The highest BCUT2D eigenvalue weighted by Crippen LogP contribution is 2.46. The fourth-order valence-electron chi connectivity index (χ4n) is 6.19. The second kappa shape index (κ2) is 11.0. The Labute approximate surface area is 254 Å². The summed E-state index contributed by atoms with van der Waals surface area (Å²) >= 11 is 7.31. The highest BCUT2D eigenvalue weighted by Gasteiger charge is 2.39. The van der Waals surface area contributed by atoms with Crippen LogP contribution in [0.5, 0.6) is 0 Å². The number of likely N-dealkylation sites (N-methyl/N-ethyl adjacent to an activating group) is 1. The van der Waals surface area contributed by atoms with Crippen molar-refractivity contribution >= 4 is 51.4 Å². The lowest BCUT2D eigenvalue weighted by Crippen LogP contribution is -2.58. The van der Waals surface area contributed by atoms with Crippen LogP contribution < -0.4 is 10.2 Å². The summed E-state index contributed by atoms with van der Waals surface area (Å²) in [5.74, 6) is 0.563. The molecule has 222 valence electrons. The molecule has 6 rings (SSSR count). The number of amidine groups is 1. The number of pyridine rings is 2. The van der Waals surface area contributed by atoms with E-state index in [-0.39, 0.29) is 17.8 Å². The Morgan fingerprint density at radius 1 is 1.23 bits per heavy atom. The van der Waals surface area contributed by atoms with Crippen LogP contribution in [-0.4, -0.2) is 86.1 Å². The van der Waals surface area contributed by atoms with Gasteiger partial charge in [-0.05, 0) is 50.1 Å². The molecule has 1 aromatic carbocycles. The van der Waals surface area contributed by atoms with Crippen LogP contribution in [0.2, 0.25) is 5.02 Å². The van der Waals surface area contributed by atoms with Gasteiger partial charge in [0.15, 0.2) is 0 Å². The molecule has 0 radical (unpaired) electrons. The maximum atomic E-state index is 12.5. The molecule has 12 heteroatoms. The van der Waals surface area contributed by atoms with Crippen molar-refractivity contribution in [1.82, 2.24) is 30.0 Å². The number of halogens is 1. The largest absolute Gasteiger partial charge is 0.387 e. The van der Waals surface area contributed by atoms with Crippen molar-refractivity contribution < 1.29 is 9.90 Å². The summed E-state index contributed by atoms with van der Waals surface area (Å²) < 4.78 is 0. The molecule has 2 unspecified atom stereocenters. The number of fused-ring (bicyclic) bond motifs is 3. The standard InChI is InChI=1S/C31H34ClN9O2/c1-6-22(43)40-11-12-41-19(15-40)14-39(5)29-24(30(41)33)31(36-26-17(3)9-10-34-27(26)18(4)42)37-28(25(29)32)23-16(2)7-8-21-20(23)13-35-38-21/h6-10,13,18-19,33,42H,1,11-12,14-15H2,2-5H3,(H,35,38)(H,36,37). The molecule has 3 aromatic heterocycles. The van der Waals surface area contributed by atoms with E-state index in [1.165, 1.54) is 6.08 Å². The molecule has 0 bridgehead atoms. The van der Waals surface area contributed by atoms with E-state index in [4.69, 9.17) is 16.6 Å². The number of aliphatic hydroxyl groups excluding tert-OH is 1. The Hall–Kier alpha value is -4.48. The predicted octanol–water partition coefficient (Wildman–Crippen LogP) is 4.56. The number of aromatic amines is 1. The van der Waals surface area contributed by atoms with Crippen LogP contribution >= 0.6 is 11.6 Å². The molecular weight excluding hydrogens is 566 g/mol. The highest BCUT2D eigenvalue weighted by atomic mass is 35.5. The second-order valence-electron chi connectivity index (χ2n) is 11.2. The third kappa shape index (κ3) is 4.78. The van der Waals surface area contributed by atoms with Crippen molar-refractivity contribution in [3.05, 3.63) is 70.7 Å². The van der Waals surface area contributed by atoms with Crippen LogP contribution in [0.25, 0.3) is 22.2 Å². The molecule has 5 heterocycles. The van der Waals surface area contributed by atoms with Gasteiger partial charge in [-0.1, -0.05) is 24.2 Å². The molecular formula is C31H34ClN9O2. The number of anilines is 3.